The molecule has 1 rings (SSSR count). The van der Waals surface area contributed by atoms with Crippen molar-refractivity contribution in [3.05, 3.63) is 27.7 Å². The van der Waals surface area contributed by atoms with Crippen molar-refractivity contribution >= 4 is 5.97 Å². The van der Waals surface area contributed by atoms with Crippen molar-refractivity contribution in [3.63, 3.8) is 0 Å². The van der Waals surface area contributed by atoms with E-state index in [9.17, 15) is 35.9 Å². The van der Waals surface area contributed by atoms with Crippen LogP contribution in [0.25, 0.3) is 0 Å². The SMILES string of the molecule is CCOC(=O)c1c[nH]c(=O)c(C(F)(F)F)c1OC(F)(F)F. The minimum absolute atomic E-state index is 0.301. The quantitative estimate of drug-likeness (QED) is 0.686. The second-order valence-electron chi connectivity index (χ2n) is 3.50. The Hall–Kier alpha value is -2.20. The number of hydrogen-bond acceptors (Lipinski definition) is 4. The predicted molar refractivity (Wildman–Crippen MR) is 54.7 cm³/mol. The number of nitrogens with one attached hydrogen (secondary N) is 1. The lowest BCUT2D eigenvalue weighted by Crippen LogP contribution is -2.29. The van der Waals surface area contributed by atoms with Crippen molar-refractivity contribution in [3.8, 4) is 5.75 Å². The summed E-state index contributed by atoms with van der Waals surface area (Å²) in [4.78, 5) is 24.0. The lowest BCUT2D eigenvalue weighted by Gasteiger charge is -2.16. The fourth-order valence-electron chi connectivity index (χ4n) is 1.35. The van der Waals surface area contributed by atoms with Gasteiger partial charge in [0.1, 0.15) is 5.56 Å². The minimum Gasteiger partial charge on any atom is -0.462 e. The van der Waals surface area contributed by atoms with Gasteiger partial charge < -0.3 is 14.5 Å². The molecule has 118 valence electrons. The first-order chi connectivity index (χ1) is 9.47. The molecule has 1 aromatic rings. The summed E-state index contributed by atoms with van der Waals surface area (Å²) in [5.74, 6) is -3.45. The highest BCUT2D eigenvalue weighted by atomic mass is 19.4. The van der Waals surface area contributed by atoms with E-state index in [1.807, 2.05) is 0 Å². The third-order valence-electron chi connectivity index (χ3n) is 2.04. The Morgan fingerprint density at radius 3 is 2.24 bits per heavy atom. The number of carbonyl (C=O) groups excluding carboxylic acids is 1. The third kappa shape index (κ3) is 4.13. The minimum atomic E-state index is -5.53. The maximum Gasteiger partial charge on any atom is 0.573 e. The highest BCUT2D eigenvalue weighted by Crippen LogP contribution is 2.38. The number of hydrogen-bond donors (Lipinski definition) is 1. The van der Waals surface area contributed by atoms with Gasteiger partial charge in [-0.15, -0.1) is 13.2 Å². The molecule has 0 fully saturated rings. The van der Waals surface area contributed by atoms with E-state index in [-0.39, 0.29) is 6.61 Å². The Morgan fingerprint density at radius 1 is 1.24 bits per heavy atom. The van der Waals surface area contributed by atoms with Crippen LogP contribution in [0.5, 0.6) is 5.75 Å². The molecule has 5 nitrogen and oxygen atoms in total. The van der Waals surface area contributed by atoms with Crippen molar-refractivity contribution in [2.45, 2.75) is 19.5 Å². The maximum atomic E-state index is 12.7. The zero-order chi connectivity index (χ0) is 16.4. The van der Waals surface area contributed by atoms with Crippen LogP contribution in [0.4, 0.5) is 26.3 Å². The zero-order valence-electron chi connectivity index (χ0n) is 10.2. The summed E-state index contributed by atoms with van der Waals surface area (Å²) >= 11 is 0. The van der Waals surface area contributed by atoms with Gasteiger partial charge in [0.25, 0.3) is 5.56 Å². The van der Waals surface area contributed by atoms with Crippen molar-refractivity contribution in [1.29, 1.82) is 0 Å². The molecule has 1 heterocycles. The zero-order valence-corrected chi connectivity index (χ0v) is 10.2. The van der Waals surface area contributed by atoms with Gasteiger partial charge in [-0.05, 0) is 6.92 Å². The number of H-pyrrole nitrogens is 1. The highest BCUT2D eigenvalue weighted by molar-refractivity contribution is 5.92. The second kappa shape index (κ2) is 5.66. The lowest BCUT2D eigenvalue weighted by molar-refractivity contribution is -0.276. The lowest BCUT2D eigenvalue weighted by atomic mass is 10.1. The molecule has 21 heavy (non-hydrogen) atoms. The van der Waals surface area contributed by atoms with Gasteiger partial charge in [-0.1, -0.05) is 0 Å². The van der Waals surface area contributed by atoms with Gasteiger partial charge in [-0.3, -0.25) is 4.79 Å². The van der Waals surface area contributed by atoms with E-state index in [4.69, 9.17) is 0 Å². The van der Waals surface area contributed by atoms with Crippen LogP contribution in [0, 0.1) is 0 Å². The molecule has 1 aromatic heterocycles. The molecule has 1 N–H and O–H groups in total. The third-order valence-corrected chi connectivity index (χ3v) is 2.04. The molecule has 11 heteroatoms. The molecule has 0 radical (unpaired) electrons. The van der Waals surface area contributed by atoms with Gasteiger partial charge in [0, 0.05) is 6.20 Å². The van der Waals surface area contributed by atoms with Gasteiger partial charge in [-0.25, -0.2) is 4.79 Å². The highest BCUT2D eigenvalue weighted by Gasteiger charge is 2.44. The number of aromatic nitrogens is 1. The molecule has 0 aliphatic heterocycles. The number of halogens is 6. The van der Waals surface area contributed by atoms with Crippen LogP contribution < -0.4 is 10.3 Å². The Morgan fingerprint density at radius 2 is 1.81 bits per heavy atom. The van der Waals surface area contributed by atoms with Gasteiger partial charge in [0.15, 0.2) is 11.3 Å². The van der Waals surface area contributed by atoms with Gasteiger partial charge in [-0.2, -0.15) is 13.2 Å². The molecule has 0 saturated heterocycles. The molecule has 0 aliphatic carbocycles. The van der Waals surface area contributed by atoms with E-state index in [2.05, 4.69) is 9.47 Å². The average molecular weight is 319 g/mol. The van der Waals surface area contributed by atoms with Crippen LogP contribution in [0.2, 0.25) is 0 Å². The van der Waals surface area contributed by atoms with Gasteiger partial charge in [0.05, 0.1) is 6.61 Å². The monoisotopic (exact) mass is 319 g/mol. The molecular formula is C10H7F6NO4. The molecule has 0 amide bonds. The Bertz CT molecular complexity index is 589. The number of rotatable bonds is 3. The molecule has 0 aromatic carbocycles. The number of esters is 1. The summed E-state index contributed by atoms with van der Waals surface area (Å²) in [5, 5.41) is 0. The fourth-order valence-corrected chi connectivity index (χ4v) is 1.35. The fraction of sp³-hybridized carbons (Fsp3) is 0.400. The second-order valence-corrected chi connectivity index (χ2v) is 3.50. The summed E-state index contributed by atoms with van der Waals surface area (Å²) in [5.41, 5.74) is -5.35. The summed E-state index contributed by atoms with van der Waals surface area (Å²) in [6.45, 7) is 0.989. The summed E-state index contributed by atoms with van der Waals surface area (Å²) in [6.07, 6.45) is -10.6. The van der Waals surface area contributed by atoms with Crippen molar-refractivity contribution in [2.75, 3.05) is 6.61 Å². The molecule has 0 aliphatic rings. The van der Waals surface area contributed by atoms with Crippen molar-refractivity contribution in [2.24, 2.45) is 0 Å². The number of ether oxygens (including phenoxy) is 2. The maximum absolute atomic E-state index is 12.7. The van der Waals surface area contributed by atoms with Crippen LogP contribution in [0.15, 0.2) is 11.0 Å². The Labute approximate surface area is 112 Å². The first kappa shape index (κ1) is 16.9. The first-order valence-corrected chi connectivity index (χ1v) is 5.23. The Balaban J connectivity index is 3.59. The normalized spacial score (nSPS) is 12.1. The van der Waals surface area contributed by atoms with Crippen LogP contribution in [-0.4, -0.2) is 23.9 Å². The summed E-state index contributed by atoms with van der Waals surface area (Å²) in [6, 6.07) is 0. The molecule has 0 saturated carbocycles. The number of pyridine rings is 1. The molecule has 0 atom stereocenters. The number of carbonyl (C=O) groups is 1. The smallest absolute Gasteiger partial charge is 0.462 e. The predicted octanol–water partition coefficient (Wildman–Crippen LogP) is 2.47. The largest absolute Gasteiger partial charge is 0.573 e. The molecular weight excluding hydrogens is 312 g/mol. The molecule has 0 spiro atoms. The van der Waals surface area contributed by atoms with E-state index < -0.39 is 40.9 Å². The van der Waals surface area contributed by atoms with Crippen LogP contribution >= 0.6 is 0 Å². The van der Waals surface area contributed by atoms with Crippen LogP contribution in [-0.2, 0) is 10.9 Å². The van der Waals surface area contributed by atoms with E-state index in [1.54, 1.807) is 0 Å². The molecule has 0 unspecified atom stereocenters. The number of alkyl halides is 6. The van der Waals surface area contributed by atoms with E-state index in [1.165, 1.54) is 11.9 Å². The van der Waals surface area contributed by atoms with Crippen LogP contribution in [0.1, 0.15) is 22.8 Å². The number of aromatic amines is 1. The van der Waals surface area contributed by atoms with E-state index >= 15 is 0 Å². The molecule has 0 bridgehead atoms. The van der Waals surface area contributed by atoms with Crippen molar-refractivity contribution < 1.29 is 40.6 Å². The van der Waals surface area contributed by atoms with E-state index in [0.29, 0.717) is 6.20 Å². The van der Waals surface area contributed by atoms with Crippen LogP contribution in [0.3, 0.4) is 0 Å². The van der Waals surface area contributed by atoms with Crippen molar-refractivity contribution in [1.82, 2.24) is 4.98 Å². The average Bonchev–Trinajstić information content (AvgIpc) is 2.25. The summed E-state index contributed by atoms with van der Waals surface area (Å²) in [7, 11) is 0. The topological polar surface area (TPSA) is 68.4 Å². The van der Waals surface area contributed by atoms with Gasteiger partial charge in [0.2, 0.25) is 0 Å². The first-order valence-electron chi connectivity index (χ1n) is 5.23. The van der Waals surface area contributed by atoms with E-state index in [0.717, 1.165) is 0 Å². The Kier molecular flexibility index (Phi) is 4.54. The standard InChI is InChI=1S/C10H7F6NO4/c1-2-20-8(19)4-3-17-7(18)5(9(11,12)13)6(4)21-10(14,15)16/h3H,2H2,1H3,(H,17,18). The summed E-state index contributed by atoms with van der Waals surface area (Å²) < 4.78 is 82.2. The van der Waals surface area contributed by atoms with Gasteiger partial charge >= 0.3 is 18.5 Å².